The molecule has 1 amide bonds. The molecular weight excluding hydrogens is 266 g/mol. The first kappa shape index (κ1) is 13.9. The Morgan fingerprint density at radius 2 is 2.33 bits per heavy atom. The van der Waals surface area contributed by atoms with Crippen LogP contribution in [0.15, 0.2) is 22.9 Å². The molecule has 2 aromatic heterocycles. The molecule has 1 atom stereocenters. The Morgan fingerprint density at radius 1 is 1.52 bits per heavy atom. The molecule has 5 nitrogen and oxygen atoms in total. The fourth-order valence-electron chi connectivity index (χ4n) is 3.08. The highest BCUT2D eigenvalue weighted by Crippen LogP contribution is 2.21. The second kappa shape index (κ2) is 5.39. The van der Waals surface area contributed by atoms with E-state index in [2.05, 4.69) is 9.55 Å². The summed E-state index contributed by atoms with van der Waals surface area (Å²) in [5.74, 6) is 2.84. The Morgan fingerprint density at radius 3 is 3.05 bits per heavy atom. The van der Waals surface area contributed by atoms with Gasteiger partial charge in [0.15, 0.2) is 5.76 Å². The summed E-state index contributed by atoms with van der Waals surface area (Å²) in [5, 5.41) is 0. The van der Waals surface area contributed by atoms with Gasteiger partial charge in [-0.05, 0) is 32.3 Å². The zero-order valence-electron chi connectivity index (χ0n) is 12.8. The molecule has 0 spiro atoms. The van der Waals surface area contributed by atoms with Gasteiger partial charge in [0.05, 0.1) is 0 Å². The van der Waals surface area contributed by atoms with E-state index in [0.29, 0.717) is 11.7 Å². The summed E-state index contributed by atoms with van der Waals surface area (Å²) in [6.07, 6.45) is 5.92. The van der Waals surface area contributed by atoms with Gasteiger partial charge in [0, 0.05) is 44.5 Å². The number of aromatic nitrogens is 2. The van der Waals surface area contributed by atoms with Crippen molar-refractivity contribution in [3.8, 4) is 0 Å². The van der Waals surface area contributed by atoms with Crippen LogP contribution in [0.1, 0.15) is 34.1 Å². The quantitative estimate of drug-likeness (QED) is 0.871. The lowest BCUT2D eigenvalue weighted by Gasteiger charge is -2.27. The second-order valence-corrected chi connectivity index (χ2v) is 5.96. The normalized spacial score (nSPS) is 17.6. The van der Waals surface area contributed by atoms with Crippen molar-refractivity contribution in [3.63, 3.8) is 0 Å². The molecule has 1 aliphatic rings. The second-order valence-electron chi connectivity index (χ2n) is 5.96. The van der Waals surface area contributed by atoms with Gasteiger partial charge in [-0.1, -0.05) is 0 Å². The van der Waals surface area contributed by atoms with Crippen LogP contribution in [0.4, 0.5) is 0 Å². The molecule has 1 unspecified atom stereocenters. The molecule has 0 fully saturated rings. The topological polar surface area (TPSA) is 51.3 Å². The third kappa shape index (κ3) is 2.73. The summed E-state index contributed by atoms with van der Waals surface area (Å²) in [5.41, 5.74) is 0.907. The number of nitrogens with zero attached hydrogens (tertiary/aromatic N) is 3. The lowest BCUT2D eigenvalue weighted by atomic mass is 9.99. The van der Waals surface area contributed by atoms with E-state index in [0.717, 1.165) is 43.1 Å². The molecule has 2 aromatic rings. The maximum Gasteiger partial charge on any atom is 0.289 e. The number of aryl methyl sites for hydroxylation is 3. The fourth-order valence-corrected chi connectivity index (χ4v) is 3.08. The maximum absolute atomic E-state index is 12.5. The van der Waals surface area contributed by atoms with Gasteiger partial charge in [-0.3, -0.25) is 4.79 Å². The molecule has 0 saturated heterocycles. The fraction of sp³-hybridized carbons (Fsp3) is 0.500. The summed E-state index contributed by atoms with van der Waals surface area (Å²) in [6.45, 7) is 5.46. The van der Waals surface area contributed by atoms with Gasteiger partial charge in [-0.2, -0.15) is 0 Å². The molecule has 3 rings (SSSR count). The Hall–Kier alpha value is -2.04. The molecule has 0 saturated carbocycles. The predicted molar refractivity (Wildman–Crippen MR) is 79.2 cm³/mol. The number of carbonyl (C=O) groups excluding carboxylic acids is 1. The largest absolute Gasteiger partial charge is 0.456 e. The van der Waals surface area contributed by atoms with Crippen LogP contribution < -0.4 is 0 Å². The summed E-state index contributed by atoms with van der Waals surface area (Å²) >= 11 is 0. The van der Waals surface area contributed by atoms with Crippen LogP contribution in [-0.4, -0.2) is 34.0 Å². The predicted octanol–water partition coefficient (Wildman–Crippen LogP) is 2.43. The van der Waals surface area contributed by atoms with Gasteiger partial charge in [-0.25, -0.2) is 4.98 Å². The monoisotopic (exact) mass is 287 g/mol. The molecule has 0 N–H and O–H groups in total. The van der Waals surface area contributed by atoms with Crippen molar-refractivity contribution < 1.29 is 9.21 Å². The number of amides is 1. The maximum atomic E-state index is 12.5. The van der Waals surface area contributed by atoms with Crippen LogP contribution in [0, 0.1) is 19.8 Å². The average molecular weight is 287 g/mol. The van der Waals surface area contributed by atoms with Gasteiger partial charge in [0.2, 0.25) is 0 Å². The van der Waals surface area contributed by atoms with Gasteiger partial charge < -0.3 is 13.9 Å². The average Bonchev–Trinajstić information content (AvgIpc) is 3.03. The number of rotatable bonds is 3. The van der Waals surface area contributed by atoms with E-state index in [-0.39, 0.29) is 5.91 Å². The van der Waals surface area contributed by atoms with E-state index in [1.807, 2.05) is 39.4 Å². The smallest absolute Gasteiger partial charge is 0.289 e. The summed E-state index contributed by atoms with van der Waals surface area (Å²) in [6, 6.07) is 1.90. The van der Waals surface area contributed by atoms with E-state index in [1.165, 1.54) is 0 Å². The van der Waals surface area contributed by atoms with Crippen molar-refractivity contribution in [3.05, 3.63) is 41.4 Å². The molecule has 1 aliphatic heterocycles. The van der Waals surface area contributed by atoms with E-state index in [4.69, 9.17) is 4.42 Å². The minimum atomic E-state index is -0.0305. The first-order valence-corrected chi connectivity index (χ1v) is 7.37. The molecule has 0 radical (unpaired) electrons. The Kier molecular flexibility index (Phi) is 3.57. The molecular formula is C16H21N3O2. The van der Waals surface area contributed by atoms with E-state index in [9.17, 15) is 4.79 Å². The Labute approximate surface area is 124 Å². The third-order valence-corrected chi connectivity index (χ3v) is 4.15. The van der Waals surface area contributed by atoms with E-state index < -0.39 is 0 Å². The van der Waals surface area contributed by atoms with Crippen molar-refractivity contribution in [2.24, 2.45) is 5.92 Å². The molecule has 3 heterocycles. The molecule has 5 heteroatoms. The number of hydrogen-bond donors (Lipinski definition) is 0. The zero-order valence-corrected chi connectivity index (χ0v) is 12.8. The van der Waals surface area contributed by atoms with E-state index >= 15 is 0 Å². The minimum Gasteiger partial charge on any atom is -0.456 e. The minimum absolute atomic E-state index is 0.0305. The van der Waals surface area contributed by atoms with Crippen LogP contribution in [0.2, 0.25) is 0 Å². The first-order valence-electron chi connectivity index (χ1n) is 7.37. The van der Waals surface area contributed by atoms with E-state index in [1.54, 1.807) is 4.90 Å². The van der Waals surface area contributed by atoms with Gasteiger partial charge in [-0.15, -0.1) is 0 Å². The standard InChI is InChI=1S/C16H21N3O2/c1-11-8-12(2)21-15(11)16(20)18(3)9-13-4-5-14-17-6-7-19(14)10-13/h6-8,13H,4-5,9-10H2,1-3H3. The SMILES string of the molecule is Cc1cc(C)c(C(=O)N(C)CC2CCc3nccn3C2)o1. The van der Waals surface area contributed by atoms with Gasteiger partial charge in [0.25, 0.3) is 5.91 Å². The molecule has 0 aliphatic carbocycles. The third-order valence-electron chi connectivity index (χ3n) is 4.15. The van der Waals surface area contributed by atoms with Crippen molar-refractivity contribution in [1.29, 1.82) is 0 Å². The first-order chi connectivity index (χ1) is 10.0. The Balaban J connectivity index is 1.65. The highest BCUT2D eigenvalue weighted by Gasteiger charge is 2.24. The zero-order chi connectivity index (χ0) is 15.0. The Bertz CT molecular complexity index is 656. The van der Waals surface area contributed by atoms with Crippen molar-refractivity contribution in [2.75, 3.05) is 13.6 Å². The summed E-state index contributed by atoms with van der Waals surface area (Å²) < 4.78 is 7.71. The number of hydrogen-bond acceptors (Lipinski definition) is 3. The van der Waals surface area contributed by atoms with Gasteiger partial charge >= 0.3 is 0 Å². The molecule has 21 heavy (non-hydrogen) atoms. The number of imidazole rings is 1. The van der Waals surface area contributed by atoms with Gasteiger partial charge in [0.1, 0.15) is 11.6 Å². The number of fused-ring (bicyclic) bond motifs is 1. The molecule has 0 aromatic carbocycles. The van der Waals surface area contributed by atoms with Crippen LogP contribution in [0.25, 0.3) is 0 Å². The van der Waals surface area contributed by atoms with Crippen LogP contribution in [0.3, 0.4) is 0 Å². The van der Waals surface area contributed by atoms with Crippen LogP contribution >= 0.6 is 0 Å². The lowest BCUT2D eigenvalue weighted by Crippen LogP contribution is -2.35. The van der Waals surface area contributed by atoms with Crippen LogP contribution in [-0.2, 0) is 13.0 Å². The molecule has 0 bridgehead atoms. The van der Waals surface area contributed by atoms with Crippen LogP contribution in [0.5, 0.6) is 0 Å². The van der Waals surface area contributed by atoms with Crippen molar-refractivity contribution in [2.45, 2.75) is 33.2 Å². The highest BCUT2D eigenvalue weighted by atomic mass is 16.4. The number of furan rings is 1. The number of carbonyl (C=O) groups is 1. The van der Waals surface area contributed by atoms with Crippen molar-refractivity contribution in [1.82, 2.24) is 14.5 Å². The summed E-state index contributed by atoms with van der Waals surface area (Å²) in [4.78, 5) is 18.6. The molecule has 112 valence electrons. The van der Waals surface area contributed by atoms with Crippen molar-refractivity contribution >= 4 is 5.91 Å². The summed E-state index contributed by atoms with van der Waals surface area (Å²) in [7, 11) is 1.85. The lowest BCUT2D eigenvalue weighted by molar-refractivity contribution is 0.0726. The highest BCUT2D eigenvalue weighted by molar-refractivity contribution is 5.92.